The molecule has 0 atom stereocenters. The average Bonchev–Trinajstić information content (AvgIpc) is 3.03. The number of hydrogen-bond donors (Lipinski definition) is 1. The second kappa shape index (κ2) is 20.0. The van der Waals surface area contributed by atoms with Crippen molar-refractivity contribution < 1.29 is 47.4 Å². The zero-order valence-electron chi connectivity index (χ0n) is 24.9. The van der Waals surface area contributed by atoms with Crippen molar-refractivity contribution in [1.82, 2.24) is 5.32 Å². The molecular weight excluding hydrogens is 562 g/mol. The highest BCUT2D eigenvalue weighted by atomic mass is 16.6. The lowest BCUT2D eigenvalue weighted by atomic mass is 10.1. The minimum atomic E-state index is 0.346. The molecule has 43 heavy (non-hydrogen) atoms. The summed E-state index contributed by atoms with van der Waals surface area (Å²) in [6, 6.07) is 9.18. The van der Waals surface area contributed by atoms with E-state index < -0.39 is 0 Å². The van der Waals surface area contributed by atoms with Crippen molar-refractivity contribution in [2.24, 2.45) is 10.2 Å². The topological polar surface area (TPSA) is 129 Å². The first kappa shape index (κ1) is 32.9. The molecule has 0 aliphatic carbocycles. The molecule has 13 heteroatoms. The average molecular weight is 606 g/mol. The molecule has 0 saturated heterocycles. The van der Waals surface area contributed by atoms with Crippen LogP contribution in [-0.2, 0) is 35.0 Å². The first-order valence-electron chi connectivity index (χ1n) is 14.7. The van der Waals surface area contributed by atoms with Gasteiger partial charge in [0.1, 0.15) is 26.4 Å². The van der Waals surface area contributed by atoms with E-state index in [0.717, 1.165) is 5.56 Å². The van der Waals surface area contributed by atoms with E-state index in [2.05, 4.69) is 15.5 Å². The molecule has 13 nitrogen and oxygen atoms in total. The molecule has 0 spiro atoms. The fourth-order valence-corrected chi connectivity index (χ4v) is 4.07. The Kier molecular flexibility index (Phi) is 15.3. The van der Waals surface area contributed by atoms with Crippen molar-refractivity contribution >= 4 is 11.4 Å². The second-order valence-corrected chi connectivity index (χ2v) is 9.36. The minimum Gasteiger partial charge on any atom is -0.487 e. The molecule has 0 amide bonds. The number of azo groups is 1. The Labute approximate surface area is 252 Å². The number of nitrogens with one attached hydrogen (secondary N) is 1. The third-order valence-corrected chi connectivity index (χ3v) is 6.14. The van der Waals surface area contributed by atoms with E-state index in [1.54, 1.807) is 6.07 Å². The molecular formula is C30H43N3O10. The van der Waals surface area contributed by atoms with Gasteiger partial charge in [0.2, 0.25) is 0 Å². The van der Waals surface area contributed by atoms with Gasteiger partial charge in [-0.1, -0.05) is 0 Å². The van der Waals surface area contributed by atoms with E-state index in [1.165, 1.54) is 0 Å². The van der Waals surface area contributed by atoms with E-state index in [4.69, 9.17) is 47.4 Å². The van der Waals surface area contributed by atoms with Gasteiger partial charge in [0.25, 0.3) is 0 Å². The lowest BCUT2D eigenvalue weighted by molar-refractivity contribution is 0.00708. The highest BCUT2D eigenvalue weighted by molar-refractivity contribution is 5.58. The minimum absolute atomic E-state index is 0.346. The molecule has 2 aromatic rings. The molecule has 0 aromatic heterocycles. The van der Waals surface area contributed by atoms with Gasteiger partial charge in [0.05, 0.1) is 90.7 Å². The summed E-state index contributed by atoms with van der Waals surface area (Å²) in [7, 11) is 1.87. The third kappa shape index (κ3) is 12.2. The summed E-state index contributed by atoms with van der Waals surface area (Å²) < 4.78 is 57.2. The van der Waals surface area contributed by atoms with E-state index in [9.17, 15) is 0 Å². The van der Waals surface area contributed by atoms with Crippen LogP contribution >= 0.6 is 0 Å². The Hall–Kier alpha value is -3.04. The smallest absolute Gasteiger partial charge is 0.163 e. The summed E-state index contributed by atoms with van der Waals surface area (Å²) in [5.74, 6) is 2.29. The van der Waals surface area contributed by atoms with Gasteiger partial charge < -0.3 is 52.7 Å². The third-order valence-electron chi connectivity index (χ3n) is 6.14. The quantitative estimate of drug-likeness (QED) is 0.515. The van der Waals surface area contributed by atoms with Crippen LogP contribution in [0, 0.1) is 0 Å². The molecule has 4 rings (SSSR count). The number of hydrogen-bond acceptors (Lipinski definition) is 13. The molecule has 2 heterocycles. The lowest BCUT2D eigenvalue weighted by Crippen LogP contribution is -2.13. The summed E-state index contributed by atoms with van der Waals surface area (Å²) in [4.78, 5) is 0. The SMILES string of the molecule is CNCc1cc2c(cc1N=Nc1ccc3c(c1)OCCOCCOCCOCCO3)OCCOCCOCCOCCO2. The largest absolute Gasteiger partial charge is 0.487 e. The Bertz CT molecular complexity index is 1100. The molecule has 0 unspecified atom stereocenters. The van der Waals surface area contributed by atoms with Crippen LogP contribution in [-0.4, -0.2) is 113 Å². The van der Waals surface area contributed by atoms with Crippen LogP contribution < -0.4 is 24.3 Å². The zero-order chi connectivity index (χ0) is 29.8. The van der Waals surface area contributed by atoms with Crippen molar-refractivity contribution in [1.29, 1.82) is 0 Å². The normalized spacial score (nSPS) is 19.0. The van der Waals surface area contributed by atoms with Gasteiger partial charge in [-0.3, -0.25) is 0 Å². The van der Waals surface area contributed by atoms with E-state index in [-0.39, 0.29) is 0 Å². The Morgan fingerprint density at radius 3 is 1.40 bits per heavy atom. The van der Waals surface area contributed by atoms with Crippen molar-refractivity contribution in [2.45, 2.75) is 6.54 Å². The van der Waals surface area contributed by atoms with Crippen molar-refractivity contribution in [3.05, 3.63) is 35.9 Å². The molecule has 1 N–H and O–H groups in total. The number of rotatable bonds is 4. The number of benzene rings is 2. The molecule has 238 valence electrons. The van der Waals surface area contributed by atoms with Crippen molar-refractivity contribution in [2.75, 3.05) is 113 Å². The highest BCUT2D eigenvalue weighted by Gasteiger charge is 2.14. The monoisotopic (exact) mass is 605 g/mol. The van der Waals surface area contributed by atoms with Crippen molar-refractivity contribution in [3.8, 4) is 23.0 Å². The molecule has 2 aliphatic heterocycles. The van der Waals surface area contributed by atoms with Gasteiger partial charge in [0, 0.05) is 18.7 Å². The number of ether oxygens (including phenoxy) is 10. The fraction of sp³-hybridized carbons (Fsp3) is 0.600. The summed E-state index contributed by atoms with van der Waals surface area (Å²) >= 11 is 0. The first-order chi connectivity index (χ1) is 21.3. The van der Waals surface area contributed by atoms with Crippen LogP contribution in [0.25, 0.3) is 0 Å². The molecule has 0 fully saturated rings. The van der Waals surface area contributed by atoms with Gasteiger partial charge in [-0.15, -0.1) is 0 Å². The van der Waals surface area contributed by atoms with Crippen LogP contribution in [0.1, 0.15) is 5.56 Å². The molecule has 2 aromatic carbocycles. The van der Waals surface area contributed by atoms with Crippen molar-refractivity contribution in [3.63, 3.8) is 0 Å². The maximum Gasteiger partial charge on any atom is 0.163 e. The summed E-state index contributed by atoms with van der Waals surface area (Å²) in [6.45, 7) is 7.71. The van der Waals surface area contributed by atoms with E-state index in [1.807, 2.05) is 31.3 Å². The number of fused-ring (bicyclic) bond motifs is 2. The van der Waals surface area contributed by atoms with E-state index in [0.29, 0.717) is 147 Å². The van der Waals surface area contributed by atoms with Gasteiger partial charge >= 0.3 is 0 Å². The molecule has 0 saturated carbocycles. The molecule has 0 bridgehead atoms. The summed E-state index contributed by atoms with van der Waals surface area (Å²) in [5.41, 5.74) is 2.13. The molecule has 2 aliphatic rings. The summed E-state index contributed by atoms with van der Waals surface area (Å²) in [6.07, 6.45) is 0. The van der Waals surface area contributed by atoms with Gasteiger partial charge in [-0.2, -0.15) is 10.2 Å². The molecule has 0 radical (unpaired) electrons. The van der Waals surface area contributed by atoms with Gasteiger partial charge in [-0.05, 0) is 30.8 Å². The zero-order valence-corrected chi connectivity index (χ0v) is 24.9. The predicted molar refractivity (Wildman–Crippen MR) is 157 cm³/mol. The Morgan fingerprint density at radius 2 is 0.907 bits per heavy atom. The first-order valence-corrected chi connectivity index (χ1v) is 14.7. The highest BCUT2D eigenvalue weighted by Crippen LogP contribution is 2.37. The van der Waals surface area contributed by atoms with Crippen LogP contribution in [0.15, 0.2) is 40.6 Å². The van der Waals surface area contributed by atoms with E-state index >= 15 is 0 Å². The second-order valence-electron chi connectivity index (χ2n) is 9.36. The number of nitrogens with zero attached hydrogens (tertiary/aromatic N) is 2. The predicted octanol–water partition coefficient (Wildman–Crippen LogP) is 3.46. The Morgan fingerprint density at radius 1 is 0.488 bits per heavy atom. The van der Waals surface area contributed by atoms with Gasteiger partial charge in [0.15, 0.2) is 23.0 Å². The summed E-state index contributed by atoms with van der Waals surface area (Å²) in [5, 5.41) is 12.3. The maximum absolute atomic E-state index is 6.04. The fourth-order valence-electron chi connectivity index (χ4n) is 4.07. The maximum atomic E-state index is 6.04. The van der Waals surface area contributed by atoms with Crippen LogP contribution in [0.3, 0.4) is 0 Å². The van der Waals surface area contributed by atoms with Crippen LogP contribution in [0.2, 0.25) is 0 Å². The lowest BCUT2D eigenvalue weighted by Gasteiger charge is -2.16. The van der Waals surface area contributed by atoms with Crippen LogP contribution in [0.5, 0.6) is 23.0 Å². The Balaban J connectivity index is 1.51. The van der Waals surface area contributed by atoms with Gasteiger partial charge in [-0.25, -0.2) is 0 Å². The standard InChI is InChI=1S/C30H43N3O10/c1-31-23-24-20-28-30(43-19-15-39-11-7-35-5-9-37-13-17-41-28)22-26(24)33-32-25-2-3-27-29(21-25)42-18-14-38-10-6-34-4-8-36-12-16-40-27/h2-3,20-22,31H,4-19,23H2,1H3. The van der Waals surface area contributed by atoms with Crippen LogP contribution in [0.4, 0.5) is 11.4 Å².